The summed E-state index contributed by atoms with van der Waals surface area (Å²) in [4.78, 5) is 10.2. The molecule has 0 amide bonds. The highest BCUT2D eigenvalue weighted by molar-refractivity contribution is 5.80. The molecule has 0 atom stereocenters. The first-order chi connectivity index (χ1) is 13.0. The van der Waals surface area contributed by atoms with Gasteiger partial charge in [-0.15, -0.1) is 0 Å². The number of guanidine groups is 1. The van der Waals surface area contributed by atoms with Crippen LogP contribution in [0, 0.1) is 5.41 Å². The summed E-state index contributed by atoms with van der Waals surface area (Å²) in [6, 6.07) is 0. The Morgan fingerprint density at radius 3 is 2.52 bits per heavy atom. The Morgan fingerprint density at radius 1 is 1.19 bits per heavy atom. The molecule has 6 nitrogen and oxygen atoms in total. The van der Waals surface area contributed by atoms with Crippen LogP contribution < -0.4 is 5.32 Å². The molecule has 3 saturated heterocycles. The molecule has 3 fully saturated rings. The number of hydrogen-bond acceptors (Lipinski definition) is 4. The Kier molecular flexibility index (Phi) is 7.03. The first kappa shape index (κ1) is 20.9. The summed E-state index contributed by atoms with van der Waals surface area (Å²) in [5.74, 6) is 1.10. The molecule has 0 aromatic carbocycles. The highest BCUT2D eigenvalue weighted by Crippen LogP contribution is 2.39. The van der Waals surface area contributed by atoms with Crippen molar-refractivity contribution in [2.75, 3.05) is 59.6 Å². The maximum absolute atomic E-state index is 5.60. The van der Waals surface area contributed by atoms with Crippen LogP contribution in [0.15, 0.2) is 4.99 Å². The predicted molar refractivity (Wildman–Crippen MR) is 110 cm³/mol. The summed E-state index contributed by atoms with van der Waals surface area (Å²) in [6.45, 7) is 14.9. The highest BCUT2D eigenvalue weighted by atomic mass is 16.5. The molecule has 3 heterocycles. The number of likely N-dealkylation sites (tertiary alicyclic amines) is 2. The molecule has 6 heteroatoms. The van der Waals surface area contributed by atoms with Crippen LogP contribution in [0.5, 0.6) is 0 Å². The van der Waals surface area contributed by atoms with Crippen molar-refractivity contribution in [2.24, 2.45) is 10.4 Å². The fraction of sp³-hybridized carbons (Fsp3) is 0.952. The minimum atomic E-state index is 0.0788. The van der Waals surface area contributed by atoms with Crippen molar-refractivity contribution in [1.29, 1.82) is 0 Å². The molecule has 3 rings (SSSR count). The topological polar surface area (TPSA) is 49.3 Å². The number of aliphatic imine (C=N–C) groups is 1. The van der Waals surface area contributed by atoms with Crippen molar-refractivity contribution < 1.29 is 9.47 Å². The second kappa shape index (κ2) is 9.10. The number of ether oxygens (including phenoxy) is 2. The third-order valence-corrected chi connectivity index (χ3v) is 6.87. The van der Waals surface area contributed by atoms with E-state index < -0.39 is 0 Å². The van der Waals surface area contributed by atoms with Crippen LogP contribution in [-0.2, 0) is 9.47 Å². The third kappa shape index (κ3) is 5.15. The molecule has 1 N–H and O–H groups in total. The van der Waals surface area contributed by atoms with Gasteiger partial charge in [0.15, 0.2) is 5.96 Å². The lowest BCUT2D eigenvalue weighted by molar-refractivity contribution is 0.00901. The molecule has 1 spiro atoms. The van der Waals surface area contributed by atoms with E-state index in [4.69, 9.17) is 14.5 Å². The molecule has 0 radical (unpaired) electrons. The van der Waals surface area contributed by atoms with Gasteiger partial charge in [-0.2, -0.15) is 0 Å². The zero-order valence-corrected chi connectivity index (χ0v) is 17.9. The van der Waals surface area contributed by atoms with Crippen molar-refractivity contribution in [3.05, 3.63) is 0 Å². The molecule has 0 aromatic rings. The summed E-state index contributed by atoms with van der Waals surface area (Å²) in [6.07, 6.45) is 6.35. The standard InChI is InChI=1S/C21H40N4O2/c1-5-22-19(24-13-8-21(17-24)9-14-27-15-10-21)23-16-20(2,3)25-11-6-18(26-4)7-12-25/h18H,5-17H2,1-4H3,(H,22,23). The van der Waals surface area contributed by atoms with E-state index in [2.05, 4.69) is 35.9 Å². The van der Waals surface area contributed by atoms with E-state index in [1.807, 2.05) is 7.11 Å². The Bertz CT molecular complexity index is 494. The molecule has 156 valence electrons. The van der Waals surface area contributed by atoms with Crippen molar-refractivity contribution in [2.45, 2.75) is 64.5 Å². The number of nitrogens with one attached hydrogen (secondary N) is 1. The third-order valence-electron chi connectivity index (χ3n) is 6.87. The lowest BCUT2D eigenvalue weighted by Crippen LogP contribution is -2.52. The highest BCUT2D eigenvalue weighted by Gasteiger charge is 2.40. The monoisotopic (exact) mass is 380 g/mol. The second-order valence-electron chi connectivity index (χ2n) is 9.19. The fourth-order valence-corrected chi connectivity index (χ4v) is 4.82. The molecule has 3 aliphatic heterocycles. The average molecular weight is 381 g/mol. The number of rotatable bonds is 5. The largest absolute Gasteiger partial charge is 0.381 e. The van der Waals surface area contributed by atoms with Crippen molar-refractivity contribution in [3.8, 4) is 0 Å². The van der Waals surface area contributed by atoms with E-state index in [-0.39, 0.29) is 5.54 Å². The molecular weight excluding hydrogens is 340 g/mol. The van der Waals surface area contributed by atoms with Crippen LogP contribution in [0.25, 0.3) is 0 Å². The number of nitrogens with zero attached hydrogens (tertiary/aromatic N) is 3. The van der Waals surface area contributed by atoms with Crippen LogP contribution in [0.1, 0.15) is 52.9 Å². The van der Waals surface area contributed by atoms with Crippen LogP contribution >= 0.6 is 0 Å². The molecular formula is C21H40N4O2. The molecule has 0 unspecified atom stereocenters. The first-order valence-corrected chi connectivity index (χ1v) is 10.9. The molecule has 0 aliphatic carbocycles. The van der Waals surface area contributed by atoms with Gasteiger partial charge < -0.3 is 19.7 Å². The number of piperidine rings is 1. The fourth-order valence-electron chi connectivity index (χ4n) is 4.82. The van der Waals surface area contributed by atoms with Crippen LogP contribution in [0.2, 0.25) is 0 Å². The van der Waals surface area contributed by atoms with Gasteiger partial charge in [0, 0.05) is 58.6 Å². The van der Waals surface area contributed by atoms with E-state index in [1.165, 1.54) is 19.3 Å². The maximum atomic E-state index is 5.60. The van der Waals surface area contributed by atoms with E-state index in [9.17, 15) is 0 Å². The van der Waals surface area contributed by atoms with Gasteiger partial charge in [-0.25, -0.2) is 0 Å². The lowest BCUT2D eigenvalue weighted by Gasteiger charge is -2.42. The number of hydrogen-bond donors (Lipinski definition) is 1. The summed E-state index contributed by atoms with van der Waals surface area (Å²) in [7, 11) is 1.83. The van der Waals surface area contributed by atoms with Crippen molar-refractivity contribution in [3.63, 3.8) is 0 Å². The minimum absolute atomic E-state index is 0.0788. The Labute approximate surface area is 165 Å². The Morgan fingerprint density at radius 2 is 1.89 bits per heavy atom. The molecule has 0 aromatic heterocycles. The molecule has 0 bridgehead atoms. The smallest absolute Gasteiger partial charge is 0.193 e. The summed E-state index contributed by atoms with van der Waals surface area (Å²) >= 11 is 0. The van der Waals surface area contributed by atoms with Crippen molar-refractivity contribution in [1.82, 2.24) is 15.1 Å². The number of methoxy groups -OCH3 is 1. The normalized spacial score (nSPS) is 25.3. The van der Waals surface area contributed by atoms with Gasteiger partial charge >= 0.3 is 0 Å². The molecule has 3 aliphatic rings. The Balaban J connectivity index is 1.60. The van der Waals surface area contributed by atoms with E-state index in [0.717, 1.165) is 71.3 Å². The maximum Gasteiger partial charge on any atom is 0.193 e. The second-order valence-corrected chi connectivity index (χ2v) is 9.19. The Hall–Kier alpha value is -0.850. The zero-order chi connectivity index (χ0) is 19.3. The van der Waals surface area contributed by atoms with Gasteiger partial charge in [-0.1, -0.05) is 0 Å². The van der Waals surface area contributed by atoms with Crippen molar-refractivity contribution >= 4 is 5.96 Å². The van der Waals surface area contributed by atoms with Crippen LogP contribution in [-0.4, -0.2) is 87.0 Å². The minimum Gasteiger partial charge on any atom is -0.381 e. The van der Waals surface area contributed by atoms with E-state index in [1.54, 1.807) is 0 Å². The van der Waals surface area contributed by atoms with E-state index in [0.29, 0.717) is 11.5 Å². The van der Waals surface area contributed by atoms with Gasteiger partial charge in [-0.05, 0) is 58.3 Å². The summed E-state index contributed by atoms with van der Waals surface area (Å²) in [5.41, 5.74) is 0.529. The average Bonchev–Trinajstić information content (AvgIpc) is 3.08. The predicted octanol–water partition coefficient (Wildman–Crippen LogP) is 2.34. The van der Waals surface area contributed by atoms with Gasteiger partial charge in [0.05, 0.1) is 12.6 Å². The summed E-state index contributed by atoms with van der Waals surface area (Å²) < 4.78 is 11.1. The van der Waals surface area contributed by atoms with Gasteiger partial charge in [0.1, 0.15) is 0 Å². The SMILES string of the molecule is CCNC(=NCC(C)(C)N1CCC(OC)CC1)N1CCC2(CCOCC2)C1. The van der Waals surface area contributed by atoms with Gasteiger partial charge in [0.25, 0.3) is 0 Å². The summed E-state index contributed by atoms with van der Waals surface area (Å²) in [5, 5.41) is 3.54. The molecule has 27 heavy (non-hydrogen) atoms. The first-order valence-electron chi connectivity index (χ1n) is 10.9. The van der Waals surface area contributed by atoms with Crippen LogP contribution in [0.4, 0.5) is 0 Å². The van der Waals surface area contributed by atoms with Crippen LogP contribution in [0.3, 0.4) is 0 Å². The quantitative estimate of drug-likeness (QED) is 0.586. The van der Waals surface area contributed by atoms with Gasteiger partial charge in [0.2, 0.25) is 0 Å². The lowest BCUT2D eigenvalue weighted by atomic mass is 9.80. The zero-order valence-electron chi connectivity index (χ0n) is 17.9. The van der Waals surface area contributed by atoms with Gasteiger partial charge in [-0.3, -0.25) is 9.89 Å². The van der Waals surface area contributed by atoms with E-state index >= 15 is 0 Å². The molecule has 0 saturated carbocycles.